The van der Waals surface area contributed by atoms with Gasteiger partial charge in [0.05, 0.1) is 19.0 Å². The highest BCUT2D eigenvalue weighted by molar-refractivity contribution is 6.30. The van der Waals surface area contributed by atoms with E-state index < -0.39 is 0 Å². The molecule has 0 aliphatic carbocycles. The van der Waals surface area contributed by atoms with Crippen LogP contribution < -0.4 is 10.2 Å². The summed E-state index contributed by atoms with van der Waals surface area (Å²) in [6.07, 6.45) is 2.78. The number of nitrogens with zero attached hydrogens (tertiary/aromatic N) is 2. The van der Waals surface area contributed by atoms with Crippen molar-refractivity contribution in [2.45, 2.75) is 13.8 Å². The molecule has 0 saturated heterocycles. The molecule has 3 aromatic rings. The highest BCUT2D eigenvalue weighted by Crippen LogP contribution is 2.32. The summed E-state index contributed by atoms with van der Waals surface area (Å²) in [4.78, 5) is 4.12. The van der Waals surface area contributed by atoms with E-state index in [9.17, 15) is 0 Å². The van der Waals surface area contributed by atoms with Crippen LogP contribution in [-0.2, 0) is 0 Å². The molecule has 0 saturated carbocycles. The Kier molecular flexibility index (Phi) is 4.11. The van der Waals surface area contributed by atoms with E-state index in [0.29, 0.717) is 10.7 Å². The van der Waals surface area contributed by atoms with Crippen molar-refractivity contribution >= 4 is 28.8 Å². The largest absolute Gasteiger partial charge is 0.496 e. The van der Waals surface area contributed by atoms with Crippen LogP contribution in [0, 0.1) is 24.7 Å². The lowest BCUT2D eigenvalue weighted by Gasteiger charge is -2.16. The van der Waals surface area contributed by atoms with Gasteiger partial charge in [0.15, 0.2) is 0 Å². The van der Waals surface area contributed by atoms with Gasteiger partial charge in [0, 0.05) is 23.2 Å². The first kappa shape index (κ1) is 16.2. The minimum Gasteiger partial charge on any atom is -0.496 e. The van der Waals surface area contributed by atoms with Crippen LogP contribution in [0.1, 0.15) is 11.1 Å². The van der Waals surface area contributed by atoms with Crippen LogP contribution in [-0.4, -0.2) is 23.0 Å². The molecule has 122 valence electrons. The predicted molar refractivity (Wildman–Crippen MR) is 96.2 cm³/mol. The van der Waals surface area contributed by atoms with E-state index >= 15 is 0 Å². The van der Waals surface area contributed by atoms with Crippen molar-refractivity contribution < 1.29 is 4.74 Å². The fourth-order valence-electron chi connectivity index (χ4n) is 3.01. The number of halogens is 1. The second-order valence-electron chi connectivity index (χ2n) is 5.56. The first-order chi connectivity index (χ1) is 11.5. The molecule has 0 atom stereocenters. The molecular formula is C18H17ClN4O. The van der Waals surface area contributed by atoms with Gasteiger partial charge >= 0.3 is 0 Å². The minimum absolute atomic E-state index is 0.221. The second-order valence-corrected chi connectivity index (χ2v) is 5.94. The van der Waals surface area contributed by atoms with Crippen LogP contribution in [0.25, 0.3) is 22.0 Å². The van der Waals surface area contributed by atoms with Gasteiger partial charge in [0.1, 0.15) is 16.4 Å². The lowest BCUT2D eigenvalue weighted by molar-refractivity contribution is 0.412. The van der Waals surface area contributed by atoms with Crippen LogP contribution in [0.5, 0.6) is 5.75 Å². The number of benzene rings is 1. The number of methoxy groups -OCH3 is 1. The molecule has 2 aromatic heterocycles. The normalized spacial score (nSPS) is 10.8. The first-order valence-corrected chi connectivity index (χ1v) is 7.76. The van der Waals surface area contributed by atoms with Crippen molar-refractivity contribution in [2.24, 2.45) is 0 Å². The van der Waals surface area contributed by atoms with E-state index in [1.54, 1.807) is 19.4 Å². The Morgan fingerprint density at radius 1 is 1.25 bits per heavy atom. The smallest absolute Gasteiger partial charge is 0.138 e. The lowest BCUT2D eigenvalue weighted by atomic mass is 9.95. The highest BCUT2D eigenvalue weighted by Gasteiger charge is 2.15. The molecule has 0 aliphatic rings. The fraction of sp³-hybridized carbons (Fsp3) is 0.167. The van der Waals surface area contributed by atoms with E-state index in [4.69, 9.17) is 27.2 Å². The number of pyridine rings is 2. The molecule has 3 rings (SSSR count). The zero-order valence-electron chi connectivity index (χ0n) is 13.6. The number of hydrogen-bond acceptors (Lipinski definition) is 4. The number of aryl methyl sites for hydroxylation is 1. The van der Waals surface area contributed by atoms with Gasteiger partial charge in [-0.15, -0.1) is 0 Å². The quantitative estimate of drug-likeness (QED) is 0.431. The Hall–Kier alpha value is -2.66. The van der Waals surface area contributed by atoms with Gasteiger partial charge in [-0.2, -0.15) is 0 Å². The maximum Gasteiger partial charge on any atom is 0.138 e. The monoisotopic (exact) mass is 340 g/mol. The summed E-state index contributed by atoms with van der Waals surface area (Å²) < 4.78 is 6.92. The fourth-order valence-corrected chi connectivity index (χ4v) is 3.17. The summed E-state index contributed by atoms with van der Waals surface area (Å²) in [5, 5.41) is 17.4. The standard InChI is InChI=1S/C18H17ClN4O/c1-10-4-5-15(24-3)11(2)17(10)13-6-12-8-22-16(19)7-14(12)23(9-20)18(13)21/h4-9,20-21H,1-3H3. The molecule has 2 heterocycles. The van der Waals surface area contributed by atoms with Crippen molar-refractivity contribution in [3.63, 3.8) is 0 Å². The summed E-state index contributed by atoms with van der Waals surface area (Å²) in [7, 11) is 1.63. The Labute approximate surface area is 144 Å². The maximum atomic E-state index is 8.56. The topological polar surface area (TPSA) is 74.8 Å². The van der Waals surface area contributed by atoms with Gasteiger partial charge in [0.2, 0.25) is 0 Å². The van der Waals surface area contributed by atoms with E-state index in [0.717, 1.165) is 39.7 Å². The van der Waals surface area contributed by atoms with Gasteiger partial charge in [-0.3, -0.25) is 15.4 Å². The molecule has 6 heteroatoms. The third kappa shape index (κ3) is 2.47. The van der Waals surface area contributed by atoms with E-state index in [1.165, 1.54) is 4.57 Å². The number of aromatic nitrogens is 2. The Balaban J connectivity index is 2.45. The van der Waals surface area contributed by atoms with Gasteiger partial charge in [-0.1, -0.05) is 17.7 Å². The van der Waals surface area contributed by atoms with Gasteiger partial charge in [-0.05, 0) is 42.7 Å². The van der Waals surface area contributed by atoms with E-state index in [-0.39, 0.29) is 5.49 Å². The number of ether oxygens (including phenoxy) is 1. The van der Waals surface area contributed by atoms with Gasteiger partial charge < -0.3 is 4.74 Å². The van der Waals surface area contributed by atoms with Crippen LogP contribution in [0.3, 0.4) is 0 Å². The first-order valence-electron chi connectivity index (χ1n) is 7.38. The molecule has 24 heavy (non-hydrogen) atoms. The van der Waals surface area contributed by atoms with Crippen LogP contribution in [0.4, 0.5) is 0 Å². The molecule has 1 aromatic carbocycles. The lowest BCUT2D eigenvalue weighted by Crippen LogP contribution is -2.22. The molecule has 0 fully saturated rings. The van der Waals surface area contributed by atoms with E-state index in [1.807, 2.05) is 32.0 Å². The highest BCUT2D eigenvalue weighted by atomic mass is 35.5. The minimum atomic E-state index is 0.221. The van der Waals surface area contributed by atoms with E-state index in [2.05, 4.69) is 4.98 Å². The molecule has 5 nitrogen and oxygen atoms in total. The third-order valence-corrected chi connectivity index (χ3v) is 4.38. The number of fused-ring (bicyclic) bond motifs is 1. The van der Waals surface area contributed by atoms with Crippen molar-refractivity contribution in [1.29, 1.82) is 10.8 Å². The summed E-state index contributed by atoms with van der Waals surface area (Å²) in [6, 6.07) is 7.47. The van der Waals surface area contributed by atoms with Crippen LogP contribution in [0.2, 0.25) is 5.15 Å². The van der Waals surface area contributed by atoms with Crippen molar-refractivity contribution in [3.8, 4) is 16.9 Å². The maximum absolute atomic E-state index is 8.56. The summed E-state index contributed by atoms with van der Waals surface area (Å²) in [6.45, 7) is 3.97. The molecule has 0 aliphatic heterocycles. The van der Waals surface area contributed by atoms with Crippen molar-refractivity contribution in [3.05, 3.63) is 52.2 Å². The molecule has 0 spiro atoms. The van der Waals surface area contributed by atoms with Gasteiger partial charge in [-0.25, -0.2) is 4.98 Å². The van der Waals surface area contributed by atoms with Crippen LogP contribution in [0.15, 0.2) is 30.5 Å². The molecule has 0 amide bonds. The summed E-state index contributed by atoms with van der Waals surface area (Å²) in [5.41, 5.74) is 4.57. The molecule has 2 N–H and O–H groups in total. The number of hydrogen-bond donors (Lipinski definition) is 2. The predicted octanol–water partition coefficient (Wildman–Crippen LogP) is 3.92. The average molecular weight is 341 g/mol. The average Bonchev–Trinajstić information content (AvgIpc) is 2.56. The Morgan fingerprint density at radius 3 is 2.67 bits per heavy atom. The Morgan fingerprint density at radius 2 is 2.00 bits per heavy atom. The molecule has 0 unspecified atom stereocenters. The summed E-state index contributed by atoms with van der Waals surface area (Å²) in [5.74, 6) is 0.769. The van der Waals surface area contributed by atoms with Crippen molar-refractivity contribution in [2.75, 3.05) is 7.11 Å². The molecule has 0 bridgehead atoms. The summed E-state index contributed by atoms with van der Waals surface area (Å²) >= 11 is 5.97. The second kappa shape index (κ2) is 6.09. The third-order valence-electron chi connectivity index (χ3n) is 4.18. The van der Waals surface area contributed by atoms with Crippen molar-refractivity contribution in [1.82, 2.24) is 9.55 Å². The SMILES string of the molecule is COc1ccc(C)c(-c2cc3cnc(Cl)cc3n(C=N)c2=N)c1C. The number of rotatable bonds is 3. The van der Waals surface area contributed by atoms with Gasteiger partial charge in [0.25, 0.3) is 0 Å². The number of nitrogens with one attached hydrogen (secondary N) is 2. The molecule has 0 radical (unpaired) electrons. The molecular weight excluding hydrogens is 324 g/mol. The zero-order chi connectivity index (χ0) is 17.4. The van der Waals surface area contributed by atoms with Crippen LogP contribution >= 0.6 is 11.6 Å². The Bertz CT molecular complexity index is 1020. The zero-order valence-corrected chi connectivity index (χ0v) is 14.4.